The molecule has 8 heteroatoms. The molecule has 0 aliphatic carbocycles. The molecule has 0 aliphatic rings. The molecule has 1 rings (SSSR count). The highest BCUT2D eigenvalue weighted by molar-refractivity contribution is 5.90. The van der Waals surface area contributed by atoms with Gasteiger partial charge in [-0.3, -0.25) is 14.9 Å². The van der Waals surface area contributed by atoms with Gasteiger partial charge < -0.3 is 14.5 Å². The Balaban J connectivity index is 2.15. The zero-order valence-electron chi connectivity index (χ0n) is 12.6. The zero-order valence-corrected chi connectivity index (χ0v) is 12.6. The lowest BCUT2D eigenvalue weighted by Crippen LogP contribution is -2.29. The van der Waals surface area contributed by atoms with Gasteiger partial charge in [-0.2, -0.15) is 0 Å². The summed E-state index contributed by atoms with van der Waals surface area (Å²) in [4.78, 5) is 22.7. The van der Waals surface area contributed by atoms with Crippen LogP contribution in [0.25, 0.3) is 0 Å². The number of esters is 1. The van der Waals surface area contributed by atoms with E-state index in [9.17, 15) is 9.59 Å². The summed E-state index contributed by atoms with van der Waals surface area (Å²) in [5.41, 5.74) is 0. The van der Waals surface area contributed by atoms with Gasteiger partial charge in [0.2, 0.25) is 11.8 Å². The van der Waals surface area contributed by atoms with Gasteiger partial charge in [0.05, 0.1) is 13.2 Å². The minimum Gasteiger partial charge on any atom is -0.466 e. The maximum atomic E-state index is 11.6. The maximum absolute atomic E-state index is 11.6. The second-order valence-electron chi connectivity index (χ2n) is 4.73. The van der Waals surface area contributed by atoms with Crippen LogP contribution in [0.2, 0.25) is 0 Å². The Kier molecular flexibility index (Phi) is 7.38. The van der Waals surface area contributed by atoms with Crippen molar-refractivity contribution in [2.75, 3.05) is 25.0 Å². The van der Waals surface area contributed by atoms with E-state index in [-0.39, 0.29) is 30.4 Å². The molecule has 0 saturated carbocycles. The summed E-state index contributed by atoms with van der Waals surface area (Å²) in [5, 5.41) is 13.0. The first kappa shape index (κ1) is 17.1. The van der Waals surface area contributed by atoms with Crippen LogP contribution in [0.1, 0.15) is 45.4 Å². The molecule has 1 heterocycles. The standard InChI is InChI=1S/C13H22N4O4/c1-4-20-11(19)6-5-7-14-8-10(18)15-13-17-16-12(21-13)9(2)3/h9,14H,4-8H2,1-3H3,(H,15,17,18). The fourth-order valence-corrected chi connectivity index (χ4v) is 1.47. The smallest absolute Gasteiger partial charge is 0.322 e. The lowest BCUT2D eigenvalue weighted by Gasteiger charge is -2.04. The van der Waals surface area contributed by atoms with Crippen molar-refractivity contribution in [3.8, 4) is 0 Å². The topological polar surface area (TPSA) is 106 Å². The van der Waals surface area contributed by atoms with Gasteiger partial charge in [-0.25, -0.2) is 0 Å². The second-order valence-corrected chi connectivity index (χ2v) is 4.73. The molecule has 1 aromatic rings. The first-order valence-corrected chi connectivity index (χ1v) is 7.02. The van der Waals surface area contributed by atoms with Gasteiger partial charge in [-0.15, -0.1) is 5.10 Å². The molecule has 0 atom stereocenters. The van der Waals surface area contributed by atoms with Crippen molar-refractivity contribution in [2.24, 2.45) is 0 Å². The maximum Gasteiger partial charge on any atom is 0.322 e. The number of aromatic nitrogens is 2. The van der Waals surface area contributed by atoms with E-state index < -0.39 is 0 Å². The summed E-state index contributed by atoms with van der Waals surface area (Å²) in [5.74, 6) is 0.0952. The number of ether oxygens (including phenoxy) is 1. The van der Waals surface area contributed by atoms with E-state index in [0.717, 1.165) is 0 Å². The van der Waals surface area contributed by atoms with Gasteiger partial charge in [0.25, 0.3) is 0 Å². The fraction of sp³-hybridized carbons (Fsp3) is 0.692. The largest absolute Gasteiger partial charge is 0.466 e. The molecule has 0 fully saturated rings. The first-order chi connectivity index (χ1) is 10.0. The number of rotatable bonds is 9. The molecule has 0 unspecified atom stereocenters. The number of nitrogens with one attached hydrogen (secondary N) is 2. The zero-order chi connectivity index (χ0) is 15.7. The molecule has 0 bridgehead atoms. The molecule has 0 aliphatic heterocycles. The molecule has 1 amide bonds. The minimum absolute atomic E-state index is 0.0945. The highest BCUT2D eigenvalue weighted by Gasteiger charge is 2.11. The van der Waals surface area contributed by atoms with Crippen LogP contribution in [-0.2, 0) is 14.3 Å². The van der Waals surface area contributed by atoms with Crippen LogP contribution in [0.5, 0.6) is 0 Å². The Bertz CT molecular complexity index is 459. The van der Waals surface area contributed by atoms with Gasteiger partial charge in [0, 0.05) is 12.3 Å². The molecular formula is C13H22N4O4. The average Bonchev–Trinajstić information content (AvgIpc) is 2.87. The number of carbonyl (C=O) groups is 2. The monoisotopic (exact) mass is 298 g/mol. The van der Waals surface area contributed by atoms with E-state index in [1.807, 2.05) is 13.8 Å². The second kappa shape index (κ2) is 9.06. The van der Waals surface area contributed by atoms with E-state index in [4.69, 9.17) is 9.15 Å². The Morgan fingerprint density at radius 2 is 2.10 bits per heavy atom. The number of amides is 1. The van der Waals surface area contributed by atoms with E-state index >= 15 is 0 Å². The molecule has 1 aromatic heterocycles. The van der Waals surface area contributed by atoms with Crippen molar-refractivity contribution >= 4 is 17.9 Å². The van der Waals surface area contributed by atoms with E-state index in [1.165, 1.54) is 0 Å². The summed E-state index contributed by atoms with van der Waals surface area (Å²) in [6.45, 7) is 6.66. The number of carbonyl (C=O) groups excluding carboxylic acids is 2. The van der Waals surface area contributed by atoms with Crippen molar-refractivity contribution in [1.29, 1.82) is 0 Å². The van der Waals surface area contributed by atoms with E-state index in [1.54, 1.807) is 6.92 Å². The third kappa shape index (κ3) is 6.84. The van der Waals surface area contributed by atoms with Crippen molar-refractivity contribution in [2.45, 2.75) is 39.5 Å². The SMILES string of the molecule is CCOC(=O)CCCNCC(=O)Nc1nnc(C(C)C)o1. The summed E-state index contributed by atoms with van der Waals surface area (Å²) in [6, 6.07) is 0.0945. The number of anilines is 1. The average molecular weight is 298 g/mol. The van der Waals surface area contributed by atoms with Crippen molar-refractivity contribution in [1.82, 2.24) is 15.5 Å². The molecule has 0 saturated heterocycles. The normalized spacial score (nSPS) is 10.7. The molecule has 21 heavy (non-hydrogen) atoms. The Morgan fingerprint density at radius 3 is 2.71 bits per heavy atom. The molecule has 0 aromatic carbocycles. The van der Waals surface area contributed by atoms with Gasteiger partial charge in [0.15, 0.2) is 0 Å². The predicted molar refractivity (Wildman–Crippen MR) is 75.8 cm³/mol. The molecule has 8 nitrogen and oxygen atoms in total. The van der Waals surface area contributed by atoms with Crippen LogP contribution in [0.3, 0.4) is 0 Å². The van der Waals surface area contributed by atoms with E-state index in [2.05, 4.69) is 20.8 Å². The highest BCUT2D eigenvalue weighted by Crippen LogP contribution is 2.14. The Hall–Kier alpha value is -1.96. The molecule has 0 spiro atoms. The lowest BCUT2D eigenvalue weighted by atomic mass is 10.2. The summed E-state index contributed by atoms with van der Waals surface area (Å²) < 4.78 is 10.1. The Labute approximate surface area is 123 Å². The van der Waals surface area contributed by atoms with Gasteiger partial charge in [-0.05, 0) is 19.9 Å². The molecule has 0 radical (unpaired) electrons. The number of hydrogen-bond acceptors (Lipinski definition) is 7. The first-order valence-electron chi connectivity index (χ1n) is 7.02. The predicted octanol–water partition coefficient (Wildman–Crippen LogP) is 1.06. The summed E-state index contributed by atoms with van der Waals surface area (Å²) in [7, 11) is 0. The molecule has 2 N–H and O–H groups in total. The van der Waals surface area contributed by atoms with Crippen LogP contribution in [0, 0.1) is 0 Å². The van der Waals surface area contributed by atoms with Gasteiger partial charge in [0.1, 0.15) is 0 Å². The van der Waals surface area contributed by atoms with Gasteiger partial charge >= 0.3 is 12.0 Å². The Morgan fingerprint density at radius 1 is 1.33 bits per heavy atom. The summed E-state index contributed by atoms with van der Waals surface area (Å²) >= 11 is 0. The van der Waals surface area contributed by atoms with Crippen molar-refractivity contribution in [3.63, 3.8) is 0 Å². The highest BCUT2D eigenvalue weighted by atomic mass is 16.5. The fourth-order valence-electron chi connectivity index (χ4n) is 1.47. The van der Waals surface area contributed by atoms with Crippen LogP contribution in [0.15, 0.2) is 4.42 Å². The van der Waals surface area contributed by atoms with E-state index in [0.29, 0.717) is 31.9 Å². The molecule has 118 valence electrons. The number of hydrogen-bond donors (Lipinski definition) is 2. The summed E-state index contributed by atoms with van der Waals surface area (Å²) in [6.07, 6.45) is 0.952. The van der Waals surface area contributed by atoms with Crippen LogP contribution >= 0.6 is 0 Å². The quantitative estimate of drug-likeness (QED) is 0.518. The number of nitrogens with zero attached hydrogens (tertiary/aromatic N) is 2. The third-order valence-electron chi connectivity index (χ3n) is 2.51. The molecular weight excluding hydrogens is 276 g/mol. The third-order valence-corrected chi connectivity index (χ3v) is 2.51. The van der Waals surface area contributed by atoms with Crippen molar-refractivity contribution < 1.29 is 18.7 Å². The van der Waals surface area contributed by atoms with Crippen LogP contribution in [-0.4, -0.2) is 41.8 Å². The minimum atomic E-state index is -0.273. The van der Waals surface area contributed by atoms with Crippen molar-refractivity contribution in [3.05, 3.63) is 5.89 Å². The van der Waals surface area contributed by atoms with Gasteiger partial charge in [-0.1, -0.05) is 18.9 Å². The van der Waals surface area contributed by atoms with Crippen LogP contribution < -0.4 is 10.6 Å². The lowest BCUT2D eigenvalue weighted by molar-refractivity contribution is -0.143. The van der Waals surface area contributed by atoms with Crippen LogP contribution in [0.4, 0.5) is 6.01 Å².